The van der Waals surface area contributed by atoms with Gasteiger partial charge in [0.05, 0.1) is 27.8 Å². The summed E-state index contributed by atoms with van der Waals surface area (Å²) >= 11 is 1.85. The van der Waals surface area contributed by atoms with Gasteiger partial charge in [-0.15, -0.1) is 0 Å². The first kappa shape index (κ1) is 29.7. The fourth-order valence-electron chi connectivity index (χ4n) is 8.39. The van der Waals surface area contributed by atoms with Crippen LogP contribution in [-0.4, -0.2) is 19.1 Å². The van der Waals surface area contributed by atoms with Crippen molar-refractivity contribution < 1.29 is 4.42 Å². The van der Waals surface area contributed by atoms with Crippen LogP contribution in [-0.2, 0) is 0 Å². The Morgan fingerprint density at radius 1 is 0.481 bits per heavy atom. The Kier molecular flexibility index (Phi) is 6.21. The molecule has 5 heterocycles. The quantitative estimate of drug-likeness (QED) is 0.183. The van der Waals surface area contributed by atoms with Crippen LogP contribution in [0.5, 0.6) is 0 Å². The second-order valence-electron chi connectivity index (χ2n) is 13.8. The number of benzene rings is 7. The Hall–Kier alpha value is -6.89. The summed E-state index contributed by atoms with van der Waals surface area (Å²) in [6.07, 6.45) is 0. The number of furan rings is 1. The zero-order valence-corrected chi connectivity index (χ0v) is 29.6. The van der Waals surface area contributed by atoms with Gasteiger partial charge in [0.15, 0.2) is 5.82 Å². The molecule has 0 fully saturated rings. The van der Waals surface area contributed by atoms with Gasteiger partial charge >= 0.3 is 0 Å². The molecule has 54 heavy (non-hydrogen) atoms. The highest BCUT2D eigenvalue weighted by Gasteiger charge is 2.27. The molecule has 0 aliphatic carbocycles. The number of para-hydroxylation sites is 4. The van der Waals surface area contributed by atoms with E-state index in [4.69, 9.17) is 14.4 Å². The lowest BCUT2D eigenvalue weighted by Crippen LogP contribution is -2.05. The minimum absolute atomic E-state index is 0.579. The molecule has 252 valence electrons. The molecule has 0 N–H and O–H groups in total. The van der Waals surface area contributed by atoms with Crippen LogP contribution in [0.4, 0.5) is 0 Å². The number of rotatable bonds is 4. The van der Waals surface area contributed by atoms with Crippen LogP contribution in [0, 0.1) is 0 Å². The van der Waals surface area contributed by atoms with Gasteiger partial charge < -0.3 is 4.42 Å². The van der Waals surface area contributed by atoms with Crippen LogP contribution in [0.25, 0.3) is 100 Å². The molecule has 0 saturated carbocycles. The Morgan fingerprint density at radius 3 is 2.09 bits per heavy atom. The Bertz CT molecular complexity index is 3300. The van der Waals surface area contributed by atoms with Crippen molar-refractivity contribution in [3.8, 4) is 45.1 Å². The molecule has 4 aromatic heterocycles. The molecule has 0 spiro atoms. The first-order valence-corrected chi connectivity index (χ1v) is 18.9. The van der Waals surface area contributed by atoms with Gasteiger partial charge in [-0.25, -0.2) is 4.98 Å². The van der Waals surface area contributed by atoms with Crippen molar-refractivity contribution >= 4 is 66.7 Å². The summed E-state index contributed by atoms with van der Waals surface area (Å²) < 4.78 is 11.3. The van der Waals surface area contributed by atoms with E-state index in [1.165, 1.54) is 48.3 Å². The first-order chi connectivity index (χ1) is 26.8. The fraction of sp³-hybridized carbons (Fsp3) is 0. The zero-order chi connectivity index (χ0) is 35.3. The lowest BCUT2D eigenvalue weighted by molar-refractivity contribution is 0.653. The molecule has 1 aliphatic heterocycles. The largest absolute Gasteiger partial charge is 0.438 e. The van der Waals surface area contributed by atoms with Crippen LogP contribution in [0.3, 0.4) is 0 Å². The molecule has 0 radical (unpaired) electrons. The normalized spacial score (nSPS) is 12.4. The molecule has 0 saturated heterocycles. The summed E-state index contributed by atoms with van der Waals surface area (Å²) in [5.41, 5.74) is 12.3. The minimum Gasteiger partial charge on any atom is -0.438 e. The van der Waals surface area contributed by atoms with E-state index in [0.717, 1.165) is 50.0 Å². The average molecular weight is 709 g/mol. The summed E-state index contributed by atoms with van der Waals surface area (Å²) in [7, 11) is 0. The highest BCUT2D eigenvalue weighted by molar-refractivity contribution is 7.99. The van der Waals surface area contributed by atoms with E-state index in [1.807, 2.05) is 36.0 Å². The van der Waals surface area contributed by atoms with Gasteiger partial charge in [-0.05, 0) is 71.8 Å². The van der Waals surface area contributed by atoms with Gasteiger partial charge in [0, 0.05) is 48.2 Å². The molecule has 6 heteroatoms. The maximum absolute atomic E-state index is 6.41. The molecule has 0 amide bonds. The van der Waals surface area contributed by atoms with E-state index >= 15 is 0 Å². The molecule has 0 atom stereocenters. The van der Waals surface area contributed by atoms with Crippen molar-refractivity contribution in [3.05, 3.63) is 170 Å². The van der Waals surface area contributed by atoms with Gasteiger partial charge in [0.25, 0.3) is 0 Å². The molecule has 12 rings (SSSR count). The fourth-order valence-corrected chi connectivity index (χ4v) is 9.48. The molecule has 7 aromatic carbocycles. The Morgan fingerprint density at radius 2 is 1.19 bits per heavy atom. The lowest BCUT2D eigenvalue weighted by atomic mass is 9.99. The van der Waals surface area contributed by atoms with Gasteiger partial charge in [-0.3, -0.25) is 9.13 Å². The van der Waals surface area contributed by atoms with E-state index < -0.39 is 0 Å². The summed E-state index contributed by atoms with van der Waals surface area (Å²) in [5.74, 6) is 0.620. The summed E-state index contributed by atoms with van der Waals surface area (Å²) in [5, 5.41) is 5.70. The number of hydrogen-bond acceptors (Lipinski definition) is 4. The van der Waals surface area contributed by atoms with Crippen molar-refractivity contribution in [1.82, 2.24) is 19.1 Å². The smallest absolute Gasteiger partial charge is 0.231 e. The van der Waals surface area contributed by atoms with E-state index in [2.05, 4.69) is 155 Å². The van der Waals surface area contributed by atoms with E-state index in [9.17, 15) is 0 Å². The average Bonchev–Trinajstić information content (AvgIpc) is 3.90. The number of nitrogens with zero attached hydrogens (tertiary/aromatic N) is 4. The monoisotopic (exact) mass is 708 g/mol. The minimum atomic E-state index is 0.579. The van der Waals surface area contributed by atoms with Gasteiger partial charge in [-0.2, -0.15) is 4.98 Å². The number of aromatic nitrogens is 4. The van der Waals surface area contributed by atoms with Gasteiger partial charge in [-0.1, -0.05) is 121 Å². The van der Waals surface area contributed by atoms with Crippen molar-refractivity contribution in [2.75, 3.05) is 0 Å². The zero-order valence-electron chi connectivity index (χ0n) is 28.8. The van der Waals surface area contributed by atoms with Gasteiger partial charge in [0.2, 0.25) is 5.71 Å². The Balaban J connectivity index is 1.06. The second kappa shape index (κ2) is 11.3. The van der Waals surface area contributed by atoms with Crippen LogP contribution in [0.1, 0.15) is 0 Å². The van der Waals surface area contributed by atoms with Crippen LogP contribution in [0.15, 0.2) is 184 Å². The number of hydrogen-bond donors (Lipinski definition) is 0. The third kappa shape index (κ3) is 4.23. The van der Waals surface area contributed by atoms with Gasteiger partial charge in [0.1, 0.15) is 11.2 Å². The number of fused-ring (bicyclic) bond motifs is 10. The SMILES string of the molecule is c1ccc(-c2cccc(-c3nc(-c4ccc(-n5c6ccccc6c6c7cccc8c7n(c65)-c5ccccc5S8)cc4)nc4oc5ccccc5c34)c2)cc1. The maximum Gasteiger partial charge on any atom is 0.231 e. The van der Waals surface area contributed by atoms with Crippen molar-refractivity contribution in [2.24, 2.45) is 0 Å². The van der Waals surface area contributed by atoms with Crippen LogP contribution < -0.4 is 0 Å². The molecule has 0 bridgehead atoms. The van der Waals surface area contributed by atoms with Crippen LogP contribution >= 0.6 is 11.8 Å². The first-order valence-electron chi connectivity index (χ1n) is 18.1. The summed E-state index contributed by atoms with van der Waals surface area (Å²) in [6, 6.07) is 60.0. The van der Waals surface area contributed by atoms with E-state index in [-0.39, 0.29) is 0 Å². The molecule has 0 unspecified atom stereocenters. The second-order valence-corrected chi connectivity index (χ2v) is 14.9. The third-order valence-corrected chi connectivity index (χ3v) is 11.9. The van der Waals surface area contributed by atoms with Crippen LogP contribution in [0.2, 0.25) is 0 Å². The molecule has 11 aromatic rings. The molecule has 1 aliphatic rings. The topological polar surface area (TPSA) is 48.8 Å². The van der Waals surface area contributed by atoms with Crippen molar-refractivity contribution in [2.45, 2.75) is 9.79 Å². The highest BCUT2D eigenvalue weighted by atomic mass is 32.2. The van der Waals surface area contributed by atoms with E-state index in [0.29, 0.717) is 11.5 Å². The predicted octanol–water partition coefficient (Wildman–Crippen LogP) is 12.9. The maximum atomic E-state index is 6.41. The summed E-state index contributed by atoms with van der Waals surface area (Å²) in [4.78, 5) is 12.9. The Labute approximate surface area is 313 Å². The lowest BCUT2D eigenvalue weighted by Gasteiger charge is -2.21. The van der Waals surface area contributed by atoms with Crippen molar-refractivity contribution in [1.29, 1.82) is 0 Å². The predicted molar refractivity (Wildman–Crippen MR) is 221 cm³/mol. The van der Waals surface area contributed by atoms with E-state index in [1.54, 1.807) is 0 Å². The summed E-state index contributed by atoms with van der Waals surface area (Å²) in [6.45, 7) is 0. The molecular weight excluding hydrogens is 681 g/mol. The third-order valence-electron chi connectivity index (χ3n) is 10.7. The molecular formula is C48H28N4OS. The van der Waals surface area contributed by atoms with Crippen molar-refractivity contribution in [3.63, 3.8) is 0 Å². The standard InChI is InChI=1S/C48H28N4OS/c1-2-12-29(13-3-1)31-14-10-15-32(28-31)44-43-35-17-5-8-21-39(35)53-47(43)50-46(49-44)30-24-26-33(27-25-30)51-37-19-6-4-16-34(37)42-36-18-11-23-41-45(36)52(48(42)51)38-20-7-9-22-40(38)54-41/h1-28H. The molecule has 5 nitrogen and oxygen atoms in total. The highest BCUT2D eigenvalue weighted by Crippen LogP contribution is 2.49.